The lowest BCUT2D eigenvalue weighted by Crippen LogP contribution is -1.98. The molecule has 1 saturated heterocycles. The van der Waals surface area contributed by atoms with Gasteiger partial charge in [0.2, 0.25) is 6.79 Å². The van der Waals surface area contributed by atoms with Crippen LogP contribution in [0, 0.1) is 0 Å². The lowest BCUT2D eigenvalue weighted by Gasteiger charge is -2.06. The quantitative estimate of drug-likeness (QED) is 0.760. The molecule has 74 valence electrons. The van der Waals surface area contributed by atoms with Crippen LogP contribution in [-0.4, -0.2) is 19.5 Å². The first-order chi connectivity index (χ1) is 6.84. The molecule has 1 atom stereocenters. The van der Waals surface area contributed by atoms with Crippen LogP contribution in [0.15, 0.2) is 16.6 Å². The Morgan fingerprint density at radius 1 is 1.36 bits per heavy atom. The molecule has 3 nitrogen and oxygen atoms in total. The Bertz CT molecular complexity index is 374. The topological polar surface area (TPSA) is 31.0 Å². The third-order valence-corrected chi connectivity index (χ3v) is 3.16. The van der Waals surface area contributed by atoms with E-state index in [1.807, 2.05) is 12.1 Å². The maximum Gasteiger partial charge on any atom is 0.231 e. The van der Waals surface area contributed by atoms with Crippen LogP contribution in [0.4, 0.5) is 0 Å². The highest BCUT2D eigenvalue weighted by Gasteiger charge is 2.28. The molecule has 0 bridgehead atoms. The number of epoxide rings is 1. The third-order valence-electron chi connectivity index (χ3n) is 2.42. The number of hydrogen-bond donors (Lipinski definition) is 0. The van der Waals surface area contributed by atoms with E-state index in [4.69, 9.17) is 14.2 Å². The number of hydrogen-bond acceptors (Lipinski definition) is 3. The van der Waals surface area contributed by atoms with Gasteiger partial charge in [0.05, 0.1) is 12.7 Å². The minimum atomic E-state index is 0.324. The zero-order valence-electron chi connectivity index (χ0n) is 7.46. The van der Waals surface area contributed by atoms with E-state index >= 15 is 0 Å². The number of benzene rings is 1. The summed E-state index contributed by atoms with van der Waals surface area (Å²) in [6.07, 6.45) is 1.26. The molecule has 3 rings (SSSR count). The Hall–Kier alpha value is -0.740. The van der Waals surface area contributed by atoms with Gasteiger partial charge in [-0.25, -0.2) is 0 Å². The molecule has 2 aliphatic rings. The minimum Gasteiger partial charge on any atom is -0.454 e. The highest BCUT2D eigenvalue weighted by Crippen LogP contribution is 2.41. The van der Waals surface area contributed by atoms with Gasteiger partial charge in [-0.1, -0.05) is 15.9 Å². The molecule has 0 radical (unpaired) electrons. The molecule has 2 heterocycles. The van der Waals surface area contributed by atoms with Crippen molar-refractivity contribution in [2.45, 2.75) is 12.5 Å². The Balaban J connectivity index is 2.01. The molecule has 0 N–H and O–H groups in total. The largest absolute Gasteiger partial charge is 0.454 e. The van der Waals surface area contributed by atoms with Gasteiger partial charge in [0, 0.05) is 16.5 Å². The average molecular weight is 257 g/mol. The molecule has 1 unspecified atom stereocenters. The predicted molar refractivity (Wildman–Crippen MR) is 53.7 cm³/mol. The number of halogens is 1. The van der Waals surface area contributed by atoms with Crippen molar-refractivity contribution in [1.29, 1.82) is 0 Å². The summed E-state index contributed by atoms with van der Waals surface area (Å²) in [6, 6.07) is 3.91. The molecule has 0 aromatic heterocycles. The minimum absolute atomic E-state index is 0.324. The van der Waals surface area contributed by atoms with Crippen molar-refractivity contribution in [1.82, 2.24) is 0 Å². The molecule has 1 aromatic rings. The maximum atomic E-state index is 5.43. The highest BCUT2D eigenvalue weighted by atomic mass is 79.9. The van der Waals surface area contributed by atoms with E-state index in [1.54, 1.807) is 0 Å². The van der Waals surface area contributed by atoms with Crippen molar-refractivity contribution in [2.24, 2.45) is 0 Å². The van der Waals surface area contributed by atoms with Gasteiger partial charge in [0.25, 0.3) is 0 Å². The zero-order valence-corrected chi connectivity index (χ0v) is 9.04. The van der Waals surface area contributed by atoms with Crippen LogP contribution < -0.4 is 9.47 Å². The Morgan fingerprint density at radius 3 is 3.00 bits per heavy atom. The smallest absolute Gasteiger partial charge is 0.231 e. The molecule has 0 amide bonds. The van der Waals surface area contributed by atoms with Crippen molar-refractivity contribution in [3.05, 3.63) is 22.2 Å². The monoisotopic (exact) mass is 256 g/mol. The predicted octanol–water partition coefficient (Wildman–Crippen LogP) is 2.12. The van der Waals surface area contributed by atoms with Crippen LogP contribution in [-0.2, 0) is 11.2 Å². The normalized spacial score (nSPS) is 22.5. The first kappa shape index (κ1) is 8.56. The maximum absolute atomic E-state index is 5.43. The van der Waals surface area contributed by atoms with E-state index in [-0.39, 0.29) is 0 Å². The van der Waals surface area contributed by atoms with Crippen LogP contribution >= 0.6 is 15.9 Å². The number of rotatable bonds is 2. The van der Waals surface area contributed by atoms with Gasteiger partial charge in [-0.05, 0) is 12.1 Å². The molecule has 4 heteroatoms. The summed E-state index contributed by atoms with van der Waals surface area (Å²) in [5.41, 5.74) is 1.16. The summed E-state index contributed by atoms with van der Waals surface area (Å²) in [4.78, 5) is 0. The fourth-order valence-electron chi connectivity index (χ4n) is 1.61. The summed E-state index contributed by atoms with van der Waals surface area (Å²) in [6.45, 7) is 1.18. The van der Waals surface area contributed by atoms with Crippen molar-refractivity contribution in [2.75, 3.05) is 13.4 Å². The summed E-state index contributed by atoms with van der Waals surface area (Å²) < 4.78 is 17.0. The van der Waals surface area contributed by atoms with Crippen molar-refractivity contribution >= 4 is 15.9 Å². The lowest BCUT2D eigenvalue weighted by atomic mass is 10.1. The van der Waals surface area contributed by atoms with E-state index in [9.17, 15) is 0 Å². The lowest BCUT2D eigenvalue weighted by molar-refractivity contribution is 0.173. The van der Waals surface area contributed by atoms with Gasteiger partial charge >= 0.3 is 0 Å². The van der Waals surface area contributed by atoms with Crippen molar-refractivity contribution in [3.8, 4) is 11.5 Å². The summed E-state index contributed by atoms with van der Waals surface area (Å²) in [7, 11) is 0. The summed E-state index contributed by atoms with van der Waals surface area (Å²) in [5.74, 6) is 1.71. The second-order valence-electron chi connectivity index (χ2n) is 3.42. The van der Waals surface area contributed by atoms with E-state index < -0.39 is 0 Å². The van der Waals surface area contributed by atoms with E-state index in [1.165, 1.54) is 0 Å². The first-order valence-electron chi connectivity index (χ1n) is 4.53. The van der Waals surface area contributed by atoms with Crippen LogP contribution in [0.3, 0.4) is 0 Å². The molecule has 0 spiro atoms. The molecular weight excluding hydrogens is 248 g/mol. The number of ether oxygens (including phenoxy) is 3. The average Bonchev–Trinajstić information content (AvgIpc) is 2.86. The van der Waals surface area contributed by atoms with Crippen LogP contribution in [0.5, 0.6) is 11.5 Å². The summed E-state index contributed by atoms with van der Waals surface area (Å²) in [5, 5.41) is 0. The fourth-order valence-corrected chi connectivity index (χ4v) is 2.08. The van der Waals surface area contributed by atoms with Gasteiger partial charge < -0.3 is 14.2 Å². The van der Waals surface area contributed by atoms with Crippen molar-refractivity contribution < 1.29 is 14.2 Å². The number of fused-ring (bicyclic) bond motifs is 1. The Kier molecular flexibility index (Phi) is 1.92. The van der Waals surface area contributed by atoms with Gasteiger partial charge in [-0.15, -0.1) is 0 Å². The fraction of sp³-hybridized carbons (Fsp3) is 0.400. The molecule has 0 saturated carbocycles. The molecule has 1 fully saturated rings. The summed E-state index contributed by atoms with van der Waals surface area (Å²) >= 11 is 3.52. The second-order valence-corrected chi connectivity index (χ2v) is 4.27. The van der Waals surface area contributed by atoms with Gasteiger partial charge in [-0.3, -0.25) is 0 Å². The third kappa shape index (κ3) is 1.38. The second kappa shape index (κ2) is 3.14. The van der Waals surface area contributed by atoms with Crippen LogP contribution in [0.1, 0.15) is 5.56 Å². The molecule has 1 aromatic carbocycles. The molecule has 0 aliphatic carbocycles. The van der Waals surface area contributed by atoms with Crippen molar-refractivity contribution in [3.63, 3.8) is 0 Å². The Labute approximate surface area is 90.1 Å². The van der Waals surface area contributed by atoms with Gasteiger partial charge in [0.15, 0.2) is 11.5 Å². The van der Waals surface area contributed by atoms with E-state index in [0.29, 0.717) is 12.9 Å². The van der Waals surface area contributed by atoms with Crippen LogP contribution in [0.2, 0.25) is 0 Å². The molecular formula is C10H9BrO3. The van der Waals surface area contributed by atoms with E-state index in [0.717, 1.165) is 34.6 Å². The SMILES string of the molecule is Brc1ccc2c(c1CC1CO1)OCO2. The van der Waals surface area contributed by atoms with Gasteiger partial charge in [0.1, 0.15) is 0 Å². The molecule has 2 aliphatic heterocycles. The zero-order chi connectivity index (χ0) is 9.54. The first-order valence-corrected chi connectivity index (χ1v) is 5.32. The Morgan fingerprint density at radius 2 is 2.21 bits per heavy atom. The van der Waals surface area contributed by atoms with E-state index in [2.05, 4.69) is 15.9 Å². The van der Waals surface area contributed by atoms with Crippen LogP contribution in [0.25, 0.3) is 0 Å². The highest BCUT2D eigenvalue weighted by molar-refractivity contribution is 9.10. The van der Waals surface area contributed by atoms with Gasteiger partial charge in [-0.2, -0.15) is 0 Å². The standard InChI is InChI=1S/C10H9BrO3/c11-8-1-2-9-10(14-5-13-9)7(8)3-6-4-12-6/h1-2,6H,3-5H2. The molecule has 14 heavy (non-hydrogen) atoms.